The van der Waals surface area contributed by atoms with E-state index < -0.39 is 4.92 Å². The summed E-state index contributed by atoms with van der Waals surface area (Å²) in [6.07, 6.45) is 0. The molecule has 0 N–H and O–H groups in total. The molecule has 0 aliphatic carbocycles. The Bertz CT molecular complexity index is 696. The lowest BCUT2D eigenvalue weighted by Crippen LogP contribution is -2.23. The fourth-order valence-corrected chi connectivity index (χ4v) is 2.57. The van der Waals surface area contributed by atoms with Gasteiger partial charge in [-0.1, -0.05) is 11.8 Å². The summed E-state index contributed by atoms with van der Waals surface area (Å²) in [5.74, 6) is 0.860. The van der Waals surface area contributed by atoms with E-state index in [9.17, 15) is 14.9 Å². The van der Waals surface area contributed by atoms with Gasteiger partial charge in [0.15, 0.2) is 11.0 Å². The third-order valence-electron chi connectivity index (χ3n) is 2.99. The van der Waals surface area contributed by atoms with Gasteiger partial charge < -0.3 is 9.47 Å². The maximum Gasteiger partial charge on any atom is 0.269 e. The molecule has 0 bridgehead atoms. The summed E-state index contributed by atoms with van der Waals surface area (Å²) in [7, 11) is 5.18. The molecule has 0 aliphatic heterocycles. The summed E-state index contributed by atoms with van der Waals surface area (Å²) in [5.41, 5.74) is 0.753. The third kappa shape index (κ3) is 3.42. The van der Waals surface area contributed by atoms with Gasteiger partial charge in [-0.2, -0.15) is 0 Å². The van der Waals surface area contributed by atoms with E-state index in [1.807, 2.05) is 0 Å². The van der Waals surface area contributed by atoms with Crippen molar-refractivity contribution < 1.29 is 9.72 Å². The number of carbonyl (C=O) groups is 1. The van der Waals surface area contributed by atoms with E-state index >= 15 is 0 Å². The van der Waals surface area contributed by atoms with Crippen LogP contribution in [0, 0.1) is 10.1 Å². The molecule has 0 atom stereocenters. The third-order valence-corrected chi connectivity index (χ3v) is 4.00. The zero-order valence-corrected chi connectivity index (χ0v) is 13.2. The monoisotopic (exact) mass is 321 g/mol. The summed E-state index contributed by atoms with van der Waals surface area (Å²) in [4.78, 5) is 23.3. The molecule has 1 amide bonds. The summed E-state index contributed by atoms with van der Waals surface area (Å²) < 4.78 is 1.76. The van der Waals surface area contributed by atoms with E-state index in [0.717, 1.165) is 5.56 Å². The summed E-state index contributed by atoms with van der Waals surface area (Å²) in [6.45, 7) is 0. The highest BCUT2D eigenvalue weighted by Crippen LogP contribution is 2.24. The topological polar surface area (TPSA) is 94.2 Å². The molecular formula is C13H15N5O3S. The Hall–Kier alpha value is -2.42. The first-order valence-electron chi connectivity index (χ1n) is 6.37. The fraction of sp³-hybridized carbons (Fsp3) is 0.308. The van der Waals surface area contributed by atoms with Gasteiger partial charge in [-0.3, -0.25) is 14.9 Å². The molecule has 1 aromatic carbocycles. The summed E-state index contributed by atoms with van der Waals surface area (Å²) >= 11 is 1.30. The number of hydrogen-bond donors (Lipinski definition) is 0. The first-order chi connectivity index (χ1) is 10.4. The number of nitrogens with zero attached hydrogens (tertiary/aromatic N) is 5. The lowest BCUT2D eigenvalue weighted by molar-refractivity contribution is -0.384. The van der Waals surface area contributed by atoms with Gasteiger partial charge in [-0.05, 0) is 12.1 Å². The van der Waals surface area contributed by atoms with Crippen LogP contribution >= 0.6 is 11.8 Å². The maximum atomic E-state index is 11.6. The minimum Gasteiger partial charge on any atom is -0.348 e. The smallest absolute Gasteiger partial charge is 0.269 e. The number of aromatic nitrogens is 3. The van der Waals surface area contributed by atoms with Crippen LogP contribution in [0.2, 0.25) is 0 Å². The molecule has 116 valence electrons. The van der Waals surface area contributed by atoms with Crippen molar-refractivity contribution in [3.05, 3.63) is 34.4 Å². The van der Waals surface area contributed by atoms with Crippen LogP contribution in [0.25, 0.3) is 11.4 Å². The van der Waals surface area contributed by atoms with E-state index in [1.54, 1.807) is 37.8 Å². The Morgan fingerprint density at radius 3 is 2.50 bits per heavy atom. The van der Waals surface area contributed by atoms with Gasteiger partial charge in [0.05, 0.1) is 10.7 Å². The number of non-ortho nitro benzene ring substituents is 1. The van der Waals surface area contributed by atoms with Crippen LogP contribution in [0.3, 0.4) is 0 Å². The number of rotatable bonds is 5. The molecule has 1 aromatic heterocycles. The second kappa shape index (κ2) is 6.56. The first kappa shape index (κ1) is 16.0. The molecule has 2 rings (SSSR count). The molecule has 8 nitrogen and oxygen atoms in total. The Morgan fingerprint density at radius 1 is 1.32 bits per heavy atom. The quantitative estimate of drug-likeness (QED) is 0.471. The van der Waals surface area contributed by atoms with E-state index in [1.165, 1.54) is 28.8 Å². The van der Waals surface area contributed by atoms with Crippen molar-refractivity contribution in [2.75, 3.05) is 19.8 Å². The summed E-state index contributed by atoms with van der Waals surface area (Å²) in [5, 5.41) is 19.4. The second-order valence-corrected chi connectivity index (χ2v) is 5.69. The number of hydrogen-bond acceptors (Lipinski definition) is 6. The molecule has 1 heterocycles. The Balaban J connectivity index is 2.16. The number of thioether (sulfide) groups is 1. The second-order valence-electron chi connectivity index (χ2n) is 4.75. The number of nitro groups is 1. The Kier molecular flexibility index (Phi) is 4.76. The first-order valence-corrected chi connectivity index (χ1v) is 7.36. The van der Waals surface area contributed by atoms with Crippen molar-refractivity contribution >= 4 is 23.4 Å². The highest BCUT2D eigenvalue weighted by atomic mass is 32.2. The van der Waals surface area contributed by atoms with Crippen molar-refractivity contribution in [3.63, 3.8) is 0 Å². The van der Waals surface area contributed by atoms with Gasteiger partial charge in [0.2, 0.25) is 5.91 Å². The van der Waals surface area contributed by atoms with Crippen LogP contribution in [-0.2, 0) is 11.8 Å². The van der Waals surface area contributed by atoms with Crippen molar-refractivity contribution in [3.8, 4) is 11.4 Å². The van der Waals surface area contributed by atoms with Gasteiger partial charge in [-0.25, -0.2) is 0 Å². The highest BCUT2D eigenvalue weighted by molar-refractivity contribution is 7.99. The number of nitro benzene ring substituents is 1. The molecule has 0 unspecified atom stereocenters. The van der Waals surface area contributed by atoms with Crippen LogP contribution in [0.4, 0.5) is 5.69 Å². The van der Waals surface area contributed by atoms with Gasteiger partial charge in [0, 0.05) is 38.8 Å². The standard InChI is InChI=1S/C13H15N5O3S/c1-16(2)11(19)8-22-13-15-14-12(17(13)3)9-4-6-10(7-5-9)18(20)21/h4-7H,8H2,1-3H3. The zero-order valence-electron chi connectivity index (χ0n) is 12.4. The number of benzene rings is 1. The largest absolute Gasteiger partial charge is 0.348 e. The molecule has 0 spiro atoms. The Morgan fingerprint density at radius 2 is 1.95 bits per heavy atom. The van der Waals surface area contributed by atoms with E-state index in [0.29, 0.717) is 11.0 Å². The molecular weight excluding hydrogens is 306 g/mol. The van der Waals surface area contributed by atoms with Gasteiger partial charge >= 0.3 is 0 Å². The molecule has 0 fully saturated rings. The average Bonchev–Trinajstić information content (AvgIpc) is 2.85. The van der Waals surface area contributed by atoms with E-state index in [4.69, 9.17) is 0 Å². The molecule has 0 aliphatic rings. The molecule has 0 radical (unpaired) electrons. The van der Waals surface area contributed by atoms with E-state index in [2.05, 4.69) is 10.2 Å². The lowest BCUT2D eigenvalue weighted by Gasteiger charge is -2.09. The van der Waals surface area contributed by atoms with Gasteiger partial charge in [0.1, 0.15) is 0 Å². The summed E-state index contributed by atoms with van der Waals surface area (Å²) in [6, 6.07) is 6.10. The Labute approximate surface area is 131 Å². The van der Waals surface area contributed by atoms with Crippen LogP contribution in [0.15, 0.2) is 29.4 Å². The molecule has 9 heteroatoms. The van der Waals surface area contributed by atoms with E-state index in [-0.39, 0.29) is 17.3 Å². The number of carbonyl (C=O) groups excluding carboxylic acids is 1. The van der Waals surface area contributed by atoms with Crippen LogP contribution in [0.1, 0.15) is 0 Å². The molecule has 0 saturated heterocycles. The van der Waals surface area contributed by atoms with Crippen molar-refractivity contribution in [2.24, 2.45) is 7.05 Å². The maximum absolute atomic E-state index is 11.6. The van der Waals surface area contributed by atoms with Gasteiger partial charge in [-0.15, -0.1) is 10.2 Å². The predicted molar refractivity (Wildman–Crippen MR) is 82.5 cm³/mol. The van der Waals surface area contributed by atoms with Crippen LogP contribution in [0.5, 0.6) is 0 Å². The normalized spacial score (nSPS) is 10.5. The average molecular weight is 321 g/mol. The van der Waals surface area contributed by atoms with Crippen molar-refractivity contribution in [2.45, 2.75) is 5.16 Å². The number of amides is 1. The van der Waals surface area contributed by atoms with Crippen molar-refractivity contribution in [1.82, 2.24) is 19.7 Å². The zero-order chi connectivity index (χ0) is 16.3. The highest BCUT2D eigenvalue weighted by Gasteiger charge is 2.14. The van der Waals surface area contributed by atoms with Gasteiger partial charge in [0.25, 0.3) is 5.69 Å². The lowest BCUT2D eigenvalue weighted by atomic mass is 10.2. The van der Waals surface area contributed by atoms with Crippen molar-refractivity contribution in [1.29, 1.82) is 0 Å². The minimum atomic E-state index is -0.450. The molecule has 2 aromatic rings. The molecule has 0 saturated carbocycles. The SMILES string of the molecule is CN(C)C(=O)CSc1nnc(-c2ccc([N+](=O)[O-])cc2)n1C. The predicted octanol–water partition coefficient (Wildman–Crippen LogP) is 1.57. The van der Waals surface area contributed by atoms with Crippen LogP contribution < -0.4 is 0 Å². The minimum absolute atomic E-state index is 0.00936. The molecule has 22 heavy (non-hydrogen) atoms. The van der Waals surface area contributed by atoms with Crippen LogP contribution in [-0.4, -0.2) is 50.3 Å². The fourth-order valence-electron chi connectivity index (χ4n) is 1.68.